The van der Waals surface area contributed by atoms with Crippen molar-refractivity contribution in [3.63, 3.8) is 0 Å². The van der Waals surface area contributed by atoms with Gasteiger partial charge in [0.15, 0.2) is 6.10 Å². The SMILES string of the molecule is CC/C=C\C/C=C\C/C=C\C/C=C\C/C=C\CC(=O)OCC(COCCCCCCCCCCCCCCCC)OC(=O)CCCCC/C=C\C/C=C\C/C=C\CC. The van der Waals surface area contributed by atoms with Crippen LogP contribution in [0.3, 0.4) is 0 Å². The molecule has 0 heterocycles. The van der Waals surface area contributed by atoms with Gasteiger partial charge in [-0.2, -0.15) is 0 Å². The van der Waals surface area contributed by atoms with Gasteiger partial charge in [-0.15, -0.1) is 0 Å². The highest BCUT2D eigenvalue weighted by atomic mass is 16.6. The molecule has 0 aromatic heterocycles. The lowest BCUT2D eigenvalue weighted by molar-refractivity contribution is -0.162. The van der Waals surface area contributed by atoms with Crippen LogP contribution in [0.2, 0.25) is 0 Å². The van der Waals surface area contributed by atoms with Crippen molar-refractivity contribution in [1.29, 1.82) is 0 Å². The van der Waals surface area contributed by atoms with Crippen molar-refractivity contribution in [2.45, 2.75) is 207 Å². The molecule has 0 radical (unpaired) electrons. The number of hydrogen-bond donors (Lipinski definition) is 0. The second kappa shape index (κ2) is 48.2. The van der Waals surface area contributed by atoms with Crippen LogP contribution < -0.4 is 0 Å². The van der Waals surface area contributed by atoms with Gasteiger partial charge in [0.05, 0.1) is 13.0 Å². The molecule has 0 aromatic rings. The summed E-state index contributed by atoms with van der Waals surface area (Å²) in [5.41, 5.74) is 0. The molecule has 0 amide bonds. The lowest BCUT2D eigenvalue weighted by Crippen LogP contribution is -2.30. The molecule has 0 N–H and O–H groups in total. The Bertz CT molecular complexity index is 1140. The molecule has 58 heavy (non-hydrogen) atoms. The topological polar surface area (TPSA) is 61.8 Å². The van der Waals surface area contributed by atoms with Gasteiger partial charge in [-0.3, -0.25) is 9.59 Å². The summed E-state index contributed by atoms with van der Waals surface area (Å²) < 4.78 is 17.2. The molecule has 0 aliphatic carbocycles. The number of unbranched alkanes of at least 4 members (excludes halogenated alkanes) is 16. The Morgan fingerprint density at radius 2 is 0.828 bits per heavy atom. The van der Waals surface area contributed by atoms with E-state index in [1.165, 1.54) is 77.0 Å². The summed E-state index contributed by atoms with van der Waals surface area (Å²) >= 11 is 0. The van der Waals surface area contributed by atoms with Gasteiger partial charge in [0.2, 0.25) is 0 Å². The van der Waals surface area contributed by atoms with Gasteiger partial charge in [-0.05, 0) is 77.0 Å². The van der Waals surface area contributed by atoms with Crippen molar-refractivity contribution in [2.75, 3.05) is 19.8 Å². The maximum Gasteiger partial charge on any atom is 0.309 e. The van der Waals surface area contributed by atoms with Gasteiger partial charge in [-0.1, -0.05) is 208 Å². The quantitative estimate of drug-likeness (QED) is 0.0349. The molecule has 1 unspecified atom stereocenters. The van der Waals surface area contributed by atoms with E-state index in [1.807, 2.05) is 12.2 Å². The molecule has 0 saturated carbocycles. The summed E-state index contributed by atoms with van der Waals surface area (Å²) in [4.78, 5) is 25.2. The summed E-state index contributed by atoms with van der Waals surface area (Å²) in [6.45, 7) is 7.46. The van der Waals surface area contributed by atoms with E-state index in [9.17, 15) is 9.59 Å². The summed E-state index contributed by atoms with van der Waals surface area (Å²) in [6.07, 6.45) is 64.4. The van der Waals surface area contributed by atoms with Gasteiger partial charge in [0, 0.05) is 13.0 Å². The van der Waals surface area contributed by atoms with E-state index in [-0.39, 0.29) is 31.6 Å². The fraction of sp³-hybridized carbons (Fsp3) is 0.660. The number of rotatable bonds is 42. The second-order valence-electron chi connectivity index (χ2n) is 15.3. The van der Waals surface area contributed by atoms with Crippen LogP contribution >= 0.6 is 0 Å². The fourth-order valence-corrected chi connectivity index (χ4v) is 6.18. The average Bonchev–Trinajstić information content (AvgIpc) is 3.22. The zero-order chi connectivity index (χ0) is 42.1. The van der Waals surface area contributed by atoms with Gasteiger partial charge in [0.25, 0.3) is 0 Å². The first-order valence-corrected chi connectivity index (χ1v) is 23.8. The summed E-state index contributed by atoms with van der Waals surface area (Å²) in [5, 5.41) is 0. The number of carbonyl (C=O) groups is 2. The molecule has 0 rings (SSSR count). The maximum atomic E-state index is 12.7. The highest BCUT2D eigenvalue weighted by Crippen LogP contribution is 2.13. The van der Waals surface area contributed by atoms with Crippen LogP contribution in [0.4, 0.5) is 0 Å². The zero-order valence-electron chi connectivity index (χ0n) is 37.8. The molecular formula is C53H88O5. The molecule has 5 heteroatoms. The molecule has 330 valence electrons. The summed E-state index contributed by atoms with van der Waals surface area (Å²) in [5.74, 6) is -0.580. The van der Waals surface area contributed by atoms with Gasteiger partial charge in [0.1, 0.15) is 6.61 Å². The smallest absolute Gasteiger partial charge is 0.309 e. The molecule has 0 aliphatic heterocycles. The Labute approximate surface area is 358 Å². The van der Waals surface area contributed by atoms with Crippen molar-refractivity contribution in [2.24, 2.45) is 0 Å². The average molecular weight is 805 g/mol. The van der Waals surface area contributed by atoms with Crippen LogP contribution in [-0.2, 0) is 23.8 Å². The highest BCUT2D eigenvalue weighted by molar-refractivity contribution is 5.71. The first-order chi connectivity index (χ1) is 28.6. The fourth-order valence-electron chi connectivity index (χ4n) is 6.18. The minimum atomic E-state index is -0.593. The molecule has 1 atom stereocenters. The molecular weight excluding hydrogens is 717 g/mol. The molecule has 0 spiro atoms. The first kappa shape index (κ1) is 54.8. The number of carbonyl (C=O) groups excluding carboxylic acids is 2. The highest BCUT2D eigenvalue weighted by Gasteiger charge is 2.17. The number of allylic oxidation sites excluding steroid dienone is 15. The Kier molecular flexibility index (Phi) is 45.5. The molecule has 0 bridgehead atoms. The van der Waals surface area contributed by atoms with E-state index in [2.05, 4.69) is 106 Å². The lowest BCUT2D eigenvalue weighted by atomic mass is 10.0. The van der Waals surface area contributed by atoms with Gasteiger partial charge < -0.3 is 14.2 Å². The van der Waals surface area contributed by atoms with Crippen molar-refractivity contribution >= 4 is 11.9 Å². The third-order valence-electron chi connectivity index (χ3n) is 9.65. The van der Waals surface area contributed by atoms with Gasteiger partial charge in [-0.25, -0.2) is 0 Å². The third-order valence-corrected chi connectivity index (χ3v) is 9.65. The summed E-state index contributed by atoms with van der Waals surface area (Å²) in [7, 11) is 0. The largest absolute Gasteiger partial charge is 0.461 e. The van der Waals surface area contributed by atoms with Crippen LogP contribution in [0.15, 0.2) is 97.2 Å². The first-order valence-electron chi connectivity index (χ1n) is 23.8. The van der Waals surface area contributed by atoms with Crippen molar-refractivity contribution in [3.8, 4) is 0 Å². The molecule has 0 aromatic carbocycles. The summed E-state index contributed by atoms with van der Waals surface area (Å²) in [6, 6.07) is 0. The Morgan fingerprint density at radius 3 is 1.31 bits per heavy atom. The number of hydrogen-bond acceptors (Lipinski definition) is 5. The van der Waals surface area contributed by atoms with Crippen LogP contribution in [0.5, 0.6) is 0 Å². The van der Waals surface area contributed by atoms with Crippen LogP contribution in [0.25, 0.3) is 0 Å². The molecule has 0 saturated heterocycles. The van der Waals surface area contributed by atoms with Crippen LogP contribution in [-0.4, -0.2) is 37.9 Å². The van der Waals surface area contributed by atoms with E-state index in [1.54, 1.807) is 0 Å². The number of ether oxygens (including phenoxy) is 3. The lowest BCUT2D eigenvalue weighted by Gasteiger charge is -2.18. The molecule has 0 fully saturated rings. The van der Waals surface area contributed by atoms with Crippen LogP contribution in [0, 0.1) is 0 Å². The minimum Gasteiger partial charge on any atom is -0.461 e. The molecule has 0 aliphatic rings. The molecule has 5 nitrogen and oxygen atoms in total. The Morgan fingerprint density at radius 1 is 0.414 bits per heavy atom. The normalized spacial score (nSPS) is 13.1. The Hall–Kier alpha value is -3.18. The number of esters is 2. The van der Waals surface area contributed by atoms with Crippen LogP contribution in [0.1, 0.15) is 201 Å². The third kappa shape index (κ3) is 45.5. The second-order valence-corrected chi connectivity index (χ2v) is 15.3. The maximum absolute atomic E-state index is 12.7. The van der Waals surface area contributed by atoms with E-state index in [4.69, 9.17) is 14.2 Å². The predicted molar refractivity (Wildman–Crippen MR) is 251 cm³/mol. The monoisotopic (exact) mass is 805 g/mol. The minimum absolute atomic E-state index is 0.0160. The standard InChI is InChI=1S/C53H88O5/c1-4-7-10-13-16-19-22-25-27-29-31-34-37-40-43-46-52(54)57-50-51(49-56-48-45-42-39-36-33-30-26-23-20-17-14-11-8-5-2)58-53(55)47-44-41-38-35-32-28-24-21-18-15-12-9-6-3/h7,9-10,12,16,18-19,21,25,27-28,31-32,34,40,43,51H,4-6,8,11,13-15,17,20,22-24,26,29-30,33,35-39,41-42,44-50H2,1-3H3/b10-7-,12-9-,19-16-,21-18-,27-25-,32-28-,34-31-,43-40-. The van der Waals surface area contributed by atoms with E-state index >= 15 is 0 Å². The Balaban J connectivity index is 4.44. The van der Waals surface area contributed by atoms with Crippen molar-refractivity contribution in [3.05, 3.63) is 97.2 Å². The van der Waals surface area contributed by atoms with Crippen molar-refractivity contribution in [1.82, 2.24) is 0 Å². The van der Waals surface area contributed by atoms with Crippen molar-refractivity contribution < 1.29 is 23.8 Å². The van der Waals surface area contributed by atoms with E-state index in [0.717, 1.165) is 89.9 Å². The van der Waals surface area contributed by atoms with E-state index in [0.29, 0.717) is 13.0 Å². The zero-order valence-corrected chi connectivity index (χ0v) is 37.8. The van der Waals surface area contributed by atoms with Gasteiger partial charge >= 0.3 is 11.9 Å². The predicted octanol–water partition coefficient (Wildman–Crippen LogP) is 15.9. The van der Waals surface area contributed by atoms with E-state index < -0.39 is 6.10 Å².